The van der Waals surface area contributed by atoms with Crippen LogP contribution in [0.2, 0.25) is 0 Å². The van der Waals surface area contributed by atoms with E-state index < -0.39 is 0 Å². The highest BCUT2D eigenvalue weighted by atomic mass is 32.2. The predicted octanol–water partition coefficient (Wildman–Crippen LogP) is 4.25. The Morgan fingerprint density at radius 1 is 0.913 bits per heavy atom. The van der Waals surface area contributed by atoms with Crippen molar-refractivity contribution < 1.29 is 9.52 Å². The highest BCUT2D eigenvalue weighted by molar-refractivity contribution is 7.99. The Balaban J connectivity index is 1.57. The first-order valence-corrected chi connectivity index (χ1v) is 8.36. The largest absolute Gasteiger partial charge is 0.468 e. The number of nitrogens with one attached hydrogen (secondary N) is 1. The fourth-order valence-corrected chi connectivity index (χ4v) is 3.12. The lowest BCUT2D eigenvalue weighted by molar-refractivity contribution is 0.225. The molecule has 0 radical (unpaired) electrons. The zero-order chi connectivity index (χ0) is 15.9. The summed E-state index contributed by atoms with van der Waals surface area (Å²) < 4.78 is 5.33. The number of hydrogen-bond donors (Lipinski definition) is 2. The third-order valence-electron chi connectivity index (χ3n) is 3.52. The second-order valence-corrected chi connectivity index (χ2v) is 6.34. The van der Waals surface area contributed by atoms with E-state index in [1.165, 1.54) is 15.4 Å². The molecular formula is C19H19NO2S. The van der Waals surface area contributed by atoms with E-state index in [1.807, 2.05) is 30.3 Å². The summed E-state index contributed by atoms with van der Waals surface area (Å²) in [5, 5.41) is 12.8. The van der Waals surface area contributed by atoms with Crippen molar-refractivity contribution in [3.63, 3.8) is 0 Å². The van der Waals surface area contributed by atoms with Crippen LogP contribution in [0.1, 0.15) is 17.4 Å². The van der Waals surface area contributed by atoms with E-state index in [2.05, 4.69) is 41.7 Å². The molecule has 1 heterocycles. The maximum atomic E-state index is 9.46. The molecule has 2 N–H and O–H groups in total. The topological polar surface area (TPSA) is 45.4 Å². The average Bonchev–Trinajstić information content (AvgIpc) is 3.12. The Kier molecular flexibility index (Phi) is 5.53. The van der Waals surface area contributed by atoms with E-state index in [0.29, 0.717) is 6.54 Å². The fraction of sp³-hybridized carbons (Fsp3) is 0.158. The molecular weight excluding hydrogens is 306 g/mol. The van der Waals surface area contributed by atoms with Crippen molar-refractivity contribution in [2.75, 3.05) is 6.61 Å². The Labute approximate surface area is 140 Å². The van der Waals surface area contributed by atoms with Gasteiger partial charge in [0.2, 0.25) is 0 Å². The van der Waals surface area contributed by atoms with Crippen LogP contribution in [0, 0.1) is 0 Å². The normalized spacial score (nSPS) is 12.2. The standard InChI is InChI=1S/C19H19NO2S/c21-14-18(19-7-4-12-22-19)20-13-15-8-10-17(11-9-15)23-16-5-2-1-3-6-16/h1-12,18,20-21H,13-14H2. The van der Waals surface area contributed by atoms with Gasteiger partial charge in [0.05, 0.1) is 18.9 Å². The molecule has 118 valence electrons. The number of hydrogen-bond acceptors (Lipinski definition) is 4. The highest BCUT2D eigenvalue weighted by Gasteiger charge is 2.12. The van der Waals surface area contributed by atoms with Crippen LogP contribution in [-0.4, -0.2) is 11.7 Å². The Hall–Kier alpha value is -2.01. The third kappa shape index (κ3) is 4.48. The number of rotatable bonds is 7. The second kappa shape index (κ2) is 8.02. The van der Waals surface area contributed by atoms with Crippen LogP contribution in [0.5, 0.6) is 0 Å². The van der Waals surface area contributed by atoms with Gasteiger partial charge in [-0.1, -0.05) is 42.1 Å². The molecule has 1 unspecified atom stereocenters. The van der Waals surface area contributed by atoms with Gasteiger partial charge >= 0.3 is 0 Å². The molecule has 1 aromatic heterocycles. The van der Waals surface area contributed by atoms with E-state index in [9.17, 15) is 5.11 Å². The van der Waals surface area contributed by atoms with Crippen LogP contribution in [0.3, 0.4) is 0 Å². The van der Waals surface area contributed by atoms with Crippen molar-refractivity contribution >= 4 is 11.8 Å². The average molecular weight is 325 g/mol. The molecule has 0 amide bonds. The van der Waals surface area contributed by atoms with E-state index in [4.69, 9.17) is 4.42 Å². The summed E-state index contributed by atoms with van der Waals surface area (Å²) >= 11 is 1.75. The number of benzene rings is 2. The lowest BCUT2D eigenvalue weighted by atomic mass is 10.2. The van der Waals surface area contributed by atoms with Crippen molar-refractivity contribution in [3.05, 3.63) is 84.3 Å². The molecule has 3 nitrogen and oxygen atoms in total. The second-order valence-electron chi connectivity index (χ2n) is 5.19. The minimum Gasteiger partial charge on any atom is -0.468 e. The van der Waals surface area contributed by atoms with Gasteiger partial charge in [-0.3, -0.25) is 0 Å². The van der Waals surface area contributed by atoms with Gasteiger partial charge in [0.1, 0.15) is 5.76 Å². The lowest BCUT2D eigenvalue weighted by Crippen LogP contribution is -2.23. The van der Waals surface area contributed by atoms with Gasteiger partial charge in [-0.15, -0.1) is 0 Å². The SMILES string of the molecule is OCC(NCc1ccc(Sc2ccccc2)cc1)c1ccco1. The number of furan rings is 1. The molecule has 0 aliphatic heterocycles. The van der Waals surface area contributed by atoms with Crippen LogP contribution in [-0.2, 0) is 6.54 Å². The van der Waals surface area contributed by atoms with Crippen LogP contribution in [0.4, 0.5) is 0 Å². The summed E-state index contributed by atoms with van der Waals surface area (Å²) in [5.74, 6) is 0.753. The van der Waals surface area contributed by atoms with Crippen LogP contribution in [0.15, 0.2) is 87.2 Å². The predicted molar refractivity (Wildman–Crippen MR) is 92.4 cm³/mol. The lowest BCUT2D eigenvalue weighted by Gasteiger charge is -2.14. The molecule has 23 heavy (non-hydrogen) atoms. The first kappa shape index (κ1) is 15.9. The molecule has 0 bridgehead atoms. The fourth-order valence-electron chi connectivity index (χ4n) is 2.29. The van der Waals surface area contributed by atoms with E-state index in [0.717, 1.165) is 5.76 Å². The minimum atomic E-state index is -0.177. The van der Waals surface area contributed by atoms with Gasteiger partial charge in [0.25, 0.3) is 0 Å². The van der Waals surface area contributed by atoms with E-state index >= 15 is 0 Å². The maximum Gasteiger partial charge on any atom is 0.123 e. The molecule has 0 aliphatic rings. The molecule has 3 aromatic rings. The van der Waals surface area contributed by atoms with Crippen LogP contribution >= 0.6 is 11.8 Å². The van der Waals surface area contributed by atoms with E-state index in [1.54, 1.807) is 18.0 Å². The Morgan fingerprint density at radius 3 is 2.30 bits per heavy atom. The van der Waals surface area contributed by atoms with Gasteiger partial charge < -0.3 is 14.8 Å². The van der Waals surface area contributed by atoms with Gasteiger partial charge in [-0.25, -0.2) is 0 Å². The van der Waals surface area contributed by atoms with Crippen molar-refractivity contribution in [2.45, 2.75) is 22.4 Å². The Morgan fingerprint density at radius 2 is 1.65 bits per heavy atom. The van der Waals surface area contributed by atoms with Crippen molar-refractivity contribution in [3.8, 4) is 0 Å². The van der Waals surface area contributed by atoms with Crippen molar-refractivity contribution in [1.82, 2.24) is 5.32 Å². The van der Waals surface area contributed by atoms with Gasteiger partial charge in [-0.05, 0) is 42.0 Å². The summed E-state index contributed by atoms with van der Waals surface area (Å²) in [4.78, 5) is 2.45. The van der Waals surface area contributed by atoms with Gasteiger partial charge in [-0.2, -0.15) is 0 Å². The molecule has 4 heteroatoms. The summed E-state index contributed by atoms with van der Waals surface area (Å²) in [5.41, 5.74) is 1.17. The molecule has 0 saturated carbocycles. The monoisotopic (exact) mass is 325 g/mol. The molecule has 0 spiro atoms. The zero-order valence-corrected chi connectivity index (χ0v) is 13.5. The summed E-state index contributed by atoms with van der Waals surface area (Å²) in [7, 11) is 0. The summed E-state index contributed by atoms with van der Waals surface area (Å²) in [6, 6.07) is 22.3. The first-order chi connectivity index (χ1) is 11.3. The highest BCUT2D eigenvalue weighted by Crippen LogP contribution is 2.27. The molecule has 2 aromatic carbocycles. The molecule has 0 aliphatic carbocycles. The van der Waals surface area contributed by atoms with Gasteiger partial charge in [0.15, 0.2) is 0 Å². The quantitative estimate of drug-likeness (QED) is 0.681. The molecule has 0 fully saturated rings. The van der Waals surface area contributed by atoms with Crippen molar-refractivity contribution in [1.29, 1.82) is 0 Å². The van der Waals surface area contributed by atoms with E-state index in [-0.39, 0.29) is 12.6 Å². The summed E-state index contributed by atoms with van der Waals surface area (Å²) in [6.07, 6.45) is 1.62. The molecule has 0 saturated heterocycles. The Bertz CT molecular complexity index is 696. The maximum absolute atomic E-state index is 9.46. The number of aliphatic hydroxyl groups is 1. The third-order valence-corrected chi connectivity index (χ3v) is 4.54. The van der Waals surface area contributed by atoms with Crippen LogP contribution in [0.25, 0.3) is 0 Å². The van der Waals surface area contributed by atoms with Crippen LogP contribution < -0.4 is 5.32 Å². The first-order valence-electron chi connectivity index (χ1n) is 7.54. The summed E-state index contributed by atoms with van der Waals surface area (Å²) in [6.45, 7) is 0.692. The molecule has 1 atom stereocenters. The number of aliphatic hydroxyl groups excluding tert-OH is 1. The minimum absolute atomic E-state index is 0.00938. The van der Waals surface area contributed by atoms with Gasteiger partial charge in [0, 0.05) is 16.3 Å². The van der Waals surface area contributed by atoms with Crippen molar-refractivity contribution in [2.24, 2.45) is 0 Å². The molecule has 3 rings (SSSR count). The smallest absolute Gasteiger partial charge is 0.123 e. The zero-order valence-electron chi connectivity index (χ0n) is 12.7.